The van der Waals surface area contributed by atoms with E-state index in [9.17, 15) is 9.00 Å². The molecular weight excluding hydrogens is 244 g/mol. The van der Waals surface area contributed by atoms with Crippen LogP contribution in [0.3, 0.4) is 0 Å². The van der Waals surface area contributed by atoms with Gasteiger partial charge in [-0.15, -0.1) is 0 Å². The molecule has 0 bridgehead atoms. The van der Waals surface area contributed by atoms with Crippen LogP contribution in [-0.4, -0.2) is 33.2 Å². The van der Waals surface area contributed by atoms with Gasteiger partial charge in [0.25, 0.3) is 0 Å². The lowest BCUT2D eigenvalue weighted by atomic mass is 10.1. The molecule has 0 aliphatic carbocycles. The van der Waals surface area contributed by atoms with Gasteiger partial charge in [-0.2, -0.15) is 0 Å². The van der Waals surface area contributed by atoms with E-state index >= 15 is 0 Å². The van der Waals surface area contributed by atoms with Crippen molar-refractivity contribution in [3.05, 3.63) is 0 Å². The smallest absolute Gasteiger partial charge is 0.229 e. The Bertz CT molecular complexity index is 282. The van der Waals surface area contributed by atoms with Gasteiger partial charge in [-0.05, 0) is 12.8 Å². The fraction of sp³-hybridized carbons (Fsp3) is 0.800. The molecule has 0 aliphatic heterocycles. The van der Waals surface area contributed by atoms with Crippen molar-refractivity contribution in [2.45, 2.75) is 31.9 Å². The summed E-state index contributed by atoms with van der Waals surface area (Å²) in [4.78, 5) is 11.8. The topological polar surface area (TPSA) is 72.2 Å². The highest BCUT2D eigenvalue weighted by atomic mass is 32.2. The van der Waals surface area contributed by atoms with Gasteiger partial charge in [0, 0.05) is 28.9 Å². The summed E-state index contributed by atoms with van der Waals surface area (Å²) in [5, 5.41) is 2.85. The molecule has 16 heavy (non-hydrogen) atoms. The molecule has 3 atom stereocenters. The van der Waals surface area contributed by atoms with Crippen LogP contribution >= 0.6 is 12.2 Å². The van der Waals surface area contributed by atoms with E-state index in [4.69, 9.17) is 18.0 Å². The second kappa shape index (κ2) is 7.73. The first-order valence-corrected chi connectivity index (χ1v) is 7.32. The number of rotatable bonds is 7. The number of thiocarbonyl (C=S) groups is 1. The van der Waals surface area contributed by atoms with Crippen molar-refractivity contribution in [2.24, 2.45) is 11.7 Å². The molecule has 0 rings (SSSR count). The summed E-state index contributed by atoms with van der Waals surface area (Å²) in [6.07, 6.45) is 2.97. The van der Waals surface area contributed by atoms with E-state index in [1.165, 1.54) is 0 Å². The molecule has 0 radical (unpaired) electrons. The van der Waals surface area contributed by atoms with Crippen LogP contribution in [0.15, 0.2) is 0 Å². The Hall–Kier alpha value is -0.490. The summed E-state index contributed by atoms with van der Waals surface area (Å²) in [5.41, 5.74) is 5.45. The van der Waals surface area contributed by atoms with Crippen LogP contribution in [0.5, 0.6) is 0 Å². The fourth-order valence-electron chi connectivity index (χ4n) is 1.20. The van der Waals surface area contributed by atoms with Crippen molar-refractivity contribution in [1.82, 2.24) is 5.32 Å². The van der Waals surface area contributed by atoms with Gasteiger partial charge in [-0.1, -0.05) is 26.1 Å². The third kappa shape index (κ3) is 5.55. The molecule has 94 valence electrons. The molecule has 0 saturated heterocycles. The molecule has 6 heteroatoms. The fourth-order valence-corrected chi connectivity index (χ4v) is 1.93. The highest BCUT2D eigenvalue weighted by Crippen LogP contribution is 2.03. The first-order chi connectivity index (χ1) is 7.40. The van der Waals surface area contributed by atoms with E-state index in [2.05, 4.69) is 5.32 Å². The summed E-state index contributed by atoms with van der Waals surface area (Å²) in [7, 11) is -0.848. The Morgan fingerprint density at radius 2 is 2.12 bits per heavy atom. The number of hydrogen-bond acceptors (Lipinski definition) is 3. The molecule has 0 spiro atoms. The maximum absolute atomic E-state index is 11.6. The summed E-state index contributed by atoms with van der Waals surface area (Å²) in [5.74, 6) is -0.526. The molecule has 3 unspecified atom stereocenters. The number of nitrogens with one attached hydrogen (secondary N) is 1. The third-order valence-corrected chi connectivity index (χ3v) is 4.14. The number of hydrogen-bond donors (Lipinski definition) is 2. The van der Waals surface area contributed by atoms with Crippen molar-refractivity contribution in [3.8, 4) is 0 Å². The van der Waals surface area contributed by atoms with Gasteiger partial charge in [-0.3, -0.25) is 9.00 Å². The zero-order chi connectivity index (χ0) is 12.7. The first kappa shape index (κ1) is 15.5. The van der Waals surface area contributed by atoms with Crippen LogP contribution in [-0.2, 0) is 15.6 Å². The lowest BCUT2D eigenvalue weighted by molar-refractivity contribution is -0.123. The molecule has 0 aliphatic rings. The number of nitrogens with two attached hydrogens (primary N) is 1. The summed E-state index contributed by atoms with van der Waals surface area (Å²) >= 11 is 4.80. The van der Waals surface area contributed by atoms with Crippen molar-refractivity contribution < 1.29 is 9.00 Å². The van der Waals surface area contributed by atoms with Crippen LogP contribution in [0.2, 0.25) is 0 Å². The average molecular weight is 264 g/mol. The van der Waals surface area contributed by atoms with Crippen LogP contribution in [0.25, 0.3) is 0 Å². The van der Waals surface area contributed by atoms with Gasteiger partial charge in [0.1, 0.15) is 0 Å². The number of carbonyl (C=O) groups excluding carboxylic acids is 1. The molecule has 0 saturated carbocycles. The largest absolute Gasteiger partial charge is 0.393 e. The predicted molar refractivity (Wildman–Crippen MR) is 71.7 cm³/mol. The van der Waals surface area contributed by atoms with Crippen molar-refractivity contribution in [1.29, 1.82) is 0 Å². The van der Waals surface area contributed by atoms with E-state index in [-0.39, 0.29) is 16.1 Å². The second-order valence-corrected chi connectivity index (χ2v) is 6.03. The van der Waals surface area contributed by atoms with E-state index in [1.807, 2.05) is 13.8 Å². The molecule has 0 aromatic rings. The number of carbonyl (C=O) groups is 1. The predicted octanol–water partition coefficient (Wildman–Crippen LogP) is 0.572. The SMILES string of the molecule is CCC(C(=O)NCCC(C)S(C)=O)C(N)=S. The Morgan fingerprint density at radius 3 is 2.50 bits per heavy atom. The van der Waals surface area contributed by atoms with E-state index in [0.29, 0.717) is 19.4 Å². The lowest BCUT2D eigenvalue weighted by Crippen LogP contribution is -2.38. The molecular formula is C10H20N2O2S2. The minimum atomic E-state index is -0.848. The van der Waals surface area contributed by atoms with Gasteiger partial charge in [0.05, 0.1) is 10.9 Å². The third-order valence-electron chi connectivity index (χ3n) is 2.48. The summed E-state index contributed by atoms with van der Waals surface area (Å²) in [6.45, 7) is 4.28. The van der Waals surface area contributed by atoms with Crippen LogP contribution in [0.4, 0.5) is 0 Å². The molecule has 0 heterocycles. The molecule has 0 fully saturated rings. The maximum atomic E-state index is 11.6. The Kier molecular flexibility index (Phi) is 7.49. The standard InChI is InChI=1S/C10H20N2O2S2/c1-4-8(9(11)15)10(13)12-6-5-7(2)16(3)14/h7-8H,4-6H2,1-3H3,(H2,11,15)(H,12,13). The molecule has 0 aromatic heterocycles. The highest BCUT2D eigenvalue weighted by molar-refractivity contribution is 7.84. The van der Waals surface area contributed by atoms with Crippen molar-refractivity contribution in [3.63, 3.8) is 0 Å². The first-order valence-electron chi connectivity index (χ1n) is 5.29. The highest BCUT2D eigenvalue weighted by Gasteiger charge is 2.18. The lowest BCUT2D eigenvalue weighted by Gasteiger charge is -2.14. The Labute approximate surface area is 105 Å². The summed E-state index contributed by atoms with van der Waals surface area (Å²) in [6, 6.07) is 0. The zero-order valence-electron chi connectivity index (χ0n) is 9.99. The van der Waals surface area contributed by atoms with Crippen LogP contribution < -0.4 is 11.1 Å². The van der Waals surface area contributed by atoms with Gasteiger partial charge in [0.2, 0.25) is 5.91 Å². The number of amides is 1. The Balaban J connectivity index is 3.98. The van der Waals surface area contributed by atoms with E-state index in [0.717, 1.165) is 0 Å². The van der Waals surface area contributed by atoms with Gasteiger partial charge >= 0.3 is 0 Å². The maximum Gasteiger partial charge on any atom is 0.229 e. The molecule has 0 aromatic carbocycles. The molecule has 1 amide bonds. The van der Waals surface area contributed by atoms with Crippen molar-refractivity contribution in [2.75, 3.05) is 12.8 Å². The molecule has 3 N–H and O–H groups in total. The monoisotopic (exact) mass is 264 g/mol. The summed E-state index contributed by atoms with van der Waals surface area (Å²) < 4.78 is 11.1. The van der Waals surface area contributed by atoms with Crippen molar-refractivity contribution >= 4 is 33.9 Å². The van der Waals surface area contributed by atoms with E-state index in [1.54, 1.807) is 6.26 Å². The molecule has 4 nitrogen and oxygen atoms in total. The minimum Gasteiger partial charge on any atom is -0.393 e. The zero-order valence-corrected chi connectivity index (χ0v) is 11.6. The van der Waals surface area contributed by atoms with Gasteiger partial charge in [0.15, 0.2) is 0 Å². The normalized spacial score (nSPS) is 16.2. The second-order valence-electron chi connectivity index (χ2n) is 3.75. The average Bonchev–Trinajstić information content (AvgIpc) is 2.17. The minimum absolute atomic E-state index is 0.0882. The van der Waals surface area contributed by atoms with Gasteiger partial charge < -0.3 is 11.1 Å². The van der Waals surface area contributed by atoms with Crippen LogP contribution in [0, 0.1) is 5.92 Å². The Morgan fingerprint density at radius 1 is 1.56 bits per heavy atom. The quantitative estimate of drug-likeness (QED) is 0.660. The van der Waals surface area contributed by atoms with Crippen LogP contribution in [0.1, 0.15) is 26.7 Å². The van der Waals surface area contributed by atoms with E-state index < -0.39 is 16.7 Å². The van der Waals surface area contributed by atoms with Gasteiger partial charge in [-0.25, -0.2) is 0 Å².